The van der Waals surface area contributed by atoms with Crippen LogP contribution in [-0.2, 0) is 9.59 Å². The molecule has 19 heavy (non-hydrogen) atoms. The average molecular weight is 300 g/mol. The molecular weight excluding hydrogens is 293 g/mol. The summed E-state index contributed by atoms with van der Waals surface area (Å²) >= 11 is 11.8. The minimum atomic E-state index is -1.14. The van der Waals surface area contributed by atoms with E-state index in [2.05, 4.69) is 0 Å². The van der Waals surface area contributed by atoms with Crippen molar-refractivity contribution in [3.8, 4) is 0 Å². The molecule has 1 aromatic rings. The highest BCUT2D eigenvalue weighted by Crippen LogP contribution is 2.39. The number of Topliss-reactive ketones (excluding diaryl/α,β-unsaturated/α-hetero) is 1. The fourth-order valence-corrected chi connectivity index (χ4v) is 2.28. The van der Waals surface area contributed by atoms with Gasteiger partial charge in [-0.05, 0) is 12.1 Å². The Morgan fingerprint density at radius 1 is 1.26 bits per heavy atom. The molecule has 0 aliphatic carbocycles. The molecule has 0 atom stereocenters. The maximum Gasteiger partial charge on any atom is 0.328 e. The third kappa shape index (κ3) is 2.34. The average Bonchev–Trinajstić information content (AvgIpc) is 2.59. The Kier molecular flexibility index (Phi) is 3.59. The lowest BCUT2D eigenvalue weighted by atomic mass is 10.1. The van der Waals surface area contributed by atoms with Gasteiger partial charge in [-0.25, -0.2) is 4.79 Å². The van der Waals surface area contributed by atoms with Crippen LogP contribution in [0, 0.1) is 0 Å². The first kappa shape index (κ1) is 13.6. The predicted molar refractivity (Wildman–Crippen MR) is 69.9 cm³/mol. The number of hydrogen-bond acceptors (Lipinski definition) is 3. The number of fused-ring (bicyclic) bond motifs is 1. The smallest absolute Gasteiger partial charge is 0.328 e. The van der Waals surface area contributed by atoms with E-state index < -0.39 is 17.7 Å². The second-order valence-corrected chi connectivity index (χ2v) is 4.55. The molecule has 5 nitrogen and oxygen atoms in total. The number of carboxylic acid groups (broad SMARTS) is 1. The molecule has 1 heterocycles. The van der Waals surface area contributed by atoms with Gasteiger partial charge in [0.25, 0.3) is 11.7 Å². The Bertz CT molecular complexity index is 624. The van der Waals surface area contributed by atoms with E-state index in [1.54, 1.807) is 0 Å². The molecule has 7 heteroatoms. The van der Waals surface area contributed by atoms with Crippen LogP contribution in [0.2, 0.25) is 10.0 Å². The van der Waals surface area contributed by atoms with Crippen molar-refractivity contribution < 1.29 is 19.5 Å². The number of hydrogen-bond donors (Lipinski definition) is 1. The number of benzene rings is 1. The van der Waals surface area contributed by atoms with Gasteiger partial charge in [0.2, 0.25) is 0 Å². The monoisotopic (exact) mass is 299 g/mol. The van der Waals surface area contributed by atoms with E-state index in [0.717, 1.165) is 11.0 Å². The molecule has 0 fully saturated rings. The molecule has 1 aliphatic rings. The lowest BCUT2D eigenvalue weighted by Crippen LogP contribution is -2.30. The third-order valence-corrected chi connectivity index (χ3v) is 3.18. The van der Waals surface area contributed by atoms with Crippen molar-refractivity contribution in [3.63, 3.8) is 0 Å². The summed E-state index contributed by atoms with van der Waals surface area (Å²) in [7, 11) is 0. The van der Waals surface area contributed by atoms with Gasteiger partial charge in [-0.1, -0.05) is 29.3 Å². The molecule has 0 saturated carbocycles. The number of carboxylic acids is 1. The maximum atomic E-state index is 11.8. The summed E-state index contributed by atoms with van der Waals surface area (Å²) in [6, 6.07) is 2.91. The number of amides is 1. The quantitative estimate of drug-likeness (QED) is 0.685. The molecule has 1 N–H and O–H groups in total. The largest absolute Gasteiger partial charge is 0.478 e. The van der Waals surface area contributed by atoms with Crippen LogP contribution in [0.15, 0.2) is 24.3 Å². The second kappa shape index (κ2) is 5.03. The number of carbonyl (C=O) groups excluding carboxylic acids is 2. The number of anilines is 1. The van der Waals surface area contributed by atoms with Gasteiger partial charge in [-0.2, -0.15) is 0 Å². The molecule has 98 valence electrons. The molecule has 0 bridgehead atoms. The summed E-state index contributed by atoms with van der Waals surface area (Å²) in [5, 5.41) is 8.85. The van der Waals surface area contributed by atoms with Crippen molar-refractivity contribution >= 4 is 46.5 Å². The van der Waals surface area contributed by atoms with Crippen LogP contribution in [0.5, 0.6) is 0 Å². The molecule has 0 saturated heterocycles. The van der Waals surface area contributed by atoms with Crippen molar-refractivity contribution in [3.05, 3.63) is 39.9 Å². The van der Waals surface area contributed by atoms with Crippen LogP contribution in [0.25, 0.3) is 0 Å². The number of ketones is 1. The summed E-state index contributed by atoms with van der Waals surface area (Å²) in [5.74, 6) is -2.67. The number of rotatable bonds is 3. The van der Waals surface area contributed by atoms with E-state index in [0.29, 0.717) is 0 Å². The van der Waals surface area contributed by atoms with Gasteiger partial charge in [0.05, 0.1) is 21.3 Å². The maximum absolute atomic E-state index is 11.8. The highest BCUT2D eigenvalue weighted by Gasteiger charge is 2.38. The van der Waals surface area contributed by atoms with E-state index in [4.69, 9.17) is 28.3 Å². The van der Waals surface area contributed by atoms with Crippen LogP contribution < -0.4 is 4.90 Å². The summed E-state index contributed by atoms with van der Waals surface area (Å²) in [5.41, 5.74) is 0.280. The standard InChI is InChI=1S/C12H7Cl2NO4/c13-6-3-4-7(14)10-9(6)11(18)12(19)15(10)5-1-2-8(16)17/h1-4H,5H2,(H,16,17)/b2-1+. The topological polar surface area (TPSA) is 74.7 Å². The Labute approximate surface area is 118 Å². The molecule has 1 aromatic carbocycles. The Morgan fingerprint density at radius 3 is 2.53 bits per heavy atom. The van der Waals surface area contributed by atoms with Crippen molar-refractivity contribution in [2.45, 2.75) is 0 Å². The highest BCUT2D eigenvalue weighted by atomic mass is 35.5. The number of nitrogens with zero attached hydrogens (tertiary/aromatic N) is 1. The molecule has 0 radical (unpaired) electrons. The number of halogens is 2. The Morgan fingerprint density at radius 2 is 1.89 bits per heavy atom. The zero-order chi connectivity index (χ0) is 14.2. The van der Waals surface area contributed by atoms with Crippen molar-refractivity contribution in [1.82, 2.24) is 0 Å². The van der Waals surface area contributed by atoms with Crippen LogP contribution in [0.4, 0.5) is 5.69 Å². The molecule has 1 aliphatic heterocycles. The molecular formula is C12H7Cl2NO4. The van der Waals surface area contributed by atoms with Gasteiger partial charge < -0.3 is 5.11 Å². The Hall–Kier alpha value is -1.85. The number of aliphatic carboxylic acids is 1. The van der Waals surface area contributed by atoms with Crippen molar-refractivity contribution in [1.29, 1.82) is 0 Å². The van der Waals surface area contributed by atoms with E-state index in [9.17, 15) is 14.4 Å². The molecule has 1 amide bonds. The SMILES string of the molecule is O=C(O)/C=C/CN1C(=O)C(=O)c2c(Cl)ccc(Cl)c21. The number of carbonyl (C=O) groups is 3. The first-order chi connectivity index (χ1) is 8.93. The lowest BCUT2D eigenvalue weighted by Gasteiger charge is -2.15. The molecule has 0 aromatic heterocycles. The molecule has 0 unspecified atom stereocenters. The third-order valence-electron chi connectivity index (χ3n) is 2.56. The fourth-order valence-electron chi connectivity index (χ4n) is 1.79. The summed E-state index contributed by atoms with van der Waals surface area (Å²) in [4.78, 5) is 35.1. The fraction of sp³-hybridized carbons (Fsp3) is 0.0833. The van der Waals surface area contributed by atoms with Crippen LogP contribution in [0.1, 0.15) is 10.4 Å². The summed E-state index contributed by atoms with van der Waals surface area (Å²) < 4.78 is 0. The molecule has 2 rings (SSSR count). The van der Waals surface area contributed by atoms with Crippen molar-refractivity contribution in [2.75, 3.05) is 11.4 Å². The van der Waals surface area contributed by atoms with Gasteiger partial charge in [0, 0.05) is 12.6 Å². The van der Waals surface area contributed by atoms with Gasteiger partial charge in [0.1, 0.15) is 0 Å². The summed E-state index contributed by atoms with van der Waals surface area (Å²) in [6.45, 7) is -0.0655. The molecule has 0 spiro atoms. The normalized spacial score (nSPS) is 14.3. The van der Waals surface area contributed by atoms with Crippen molar-refractivity contribution in [2.24, 2.45) is 0 Å². The van der Waals surface area contributed by atoms with Crippen LogP contribution in [0.3, 0.4) is 0 Å². The summed E-state index contributed by atoms with van der Waals surface area (Å²) in [6.07, 6.45) is 2.13. The highest BCUT2D eigenvalue weighted by molar-refractivity contribution is 6.57. The van der Waals surface area contributed by atoms with Crippen LogP contribution in [-0.4, -0.2) is 29.3 Å². The zero-order valence-electron chi connectivity index (χ0n) is 9.39. The zero-order valence-corrected chi connectivity index (χ0v) is 10.9. The van der Waals surface area contributed by atoms with E-state index in [1.165, 1.54) is 18.2 Å². The predicted octanol–water partition coefficient (Wildman–Crippen LogP) is 2.16. The van der Waals surface area contributed by atoms with Gasteiger partial charge >= 0.3 is 5.97 Å². The van der Waals surface area contributed by atoms with E-state index >= 15 is 0 Å². The van der Waals surface area contributed by atoms with Gasteiger partial charge in [0.15, 0.2) is 0 Å². The Balaban J connectivity index is 2.44. The minimum Gasteiger partial charge on any atom is -0.478 e. The van der Waals surface area contributed by atoms with Gasteiger partial charge in [-0.15, -0.1) is 0 Å². The first-order valence-corrected chi connectivity index (χ1v) is 5.92. The van der Waals surface area contributed by atoms with E-state index in [-0.39, 0.29) is 27.8 Å². The second-order valence-electron chi connectivity index (χ2n) is 3.74. The first-order valence-electron chi connectivity index (χ1n) is 5.17. The van der Waals surface area contributed by atoms with E-state index in [1.807, 2.05) is 0 Å². The lowest BCUT2D eigenvalue weighted by molar-refractivity contribution is -0.131. The van der Waals surface area contributed by atoms with Crippen LogP contribution >= 0.6 is 23.2 Å². The minimum absolute atomic E-state index is 0.0582. The van der Waals surface area contributed by atoms with Gasteiger partial charge in [-0.3, -0.25) is 14.5 Å².